The van der Waals surface area contributed by atoms with Crippen molar-refractivity contribution >= 4 is 22.7 Å². The number of hydrogen-bond acceptors (Lipinski definition) is 1. The molecule has 1 aliphatic rings. The zero-order valence-corrected chi connectivity index (χ0v) is 19.8. The summed E-state index contributed by atoms with van der Waals surface area (Å²) in [6, 6.07) is 21.8. The number of nitrogen functional groups attached to an aromatic ring is 1. The van der Waals surface area contributed by atoms with Gasteiger partial charge in [-0.05, 0) is 50.6 Å². The summed E-state index contributed by atoms with van der Waals surface area (Å²) >= 11 is 0. The normalized spacial score (nSPS) is 17.2. The highest BCUT2D eigenvalue weighted by atomic mass is 32.2. The molecule has 0 fully saturated rings. The van der Waals surface area contributed by atoms with Crippen LogP contribution in [0.25, 0.3) is 17.2 Å². The average Bonchev–Trinajstić information content (AvgIpc) is 3.10. The Morgan fingerprint density at radius 2 is 1.37 bits per heavy atom. The van der Waals surface area contributed by atoms with Crippen molar-refractivity contribution in [1.29, 1.82) is 0 Å². The molecule has 1 nitrogen and oxygen atoms in total. The zero-order chi connectivity index (χ0) is 21.7. The Morgan fingerprint density at radius 1 is 0.700 bits per heavy atom. The minimum Gasteiger partial charge on any atom is -0.397 e. The van der Waals surface area contributed by atoms with Gasteiger partial charge in [0.15, 0.2) is 0 Å². The molecule has 1 atom stereocenters. The molecule has 0 saturated heterocycles. The molecule has 3 aromatic rings. The van der Waals surface area contributed by atoms with E-state index in [9.17, 15) is 0 Å². The van der Waals surface area contributed by atoms with Crippen LogP contribution in [-0.4, -0.2) is 0 Å². The van der Waals surface area contributed by atoms with Crippen molar-refractivity contribution in [3.63, 3.8) is 0 Å². The Labute approximate surface area is 184 Å². The minimum absolute atomic E-state index is 0.0270. The van der Waals surface area contributed by atoms with Crippen LogP contribution in [0.1, 0.15) is 58.2 Å². The maximum Gasteiger partial charge on any atom is 0.0523 e. The summed E-state index contributed by atoms with van der Waals surface area (Å²) < 4.78 is 0. The van der Waals surface area contributed by atoms with E-state index in [0.29, 0.717) is 0 Å². The van der Waals surface area contributed by atoms with Crippen molar-refractivity contribution in [2.45, 2.75) is 62.2 Å². The smallest absolute Gasteiger partial charge is 0.0523 e. The summed E-state index contributed by atoms with van der Waals surface area (Å²) in [6.07, 6.45) is 2.34. The van der Waals surface area contributed by atoms with Gasteiger partial charge in [-0.1, -0.05) is 96.1 Å². The fourth-order valence-electron chi connectivity index (χ4n) is 4.36. The molecule has 0 spiro atoms. The van der Waals surface area contributed by atoms with E-state index in [1.807, 2.05) is 0 Å². The molecule has 2 heteroatoms. The fourth-order valence-corrected chi connectivity index (χ4v) is 6.96. The summed E-state index contributed by atoms with van der Waals surface area (Å²) in [5.41, 5.74) is 14.5. The molecule has 30 heavy (non-hydrogen) atoms. The summed E-state index contributed by atoms with van der Waals surface area (Å²) in [4.78, 5) is 2.75. The lowest BCUT2D eigenvalue weighted by atomic mass is 9.84. The summed E-state index contributed by atoms with van der Waals surface area (Å²) in [6.45, 7) is 13.7. The number of fused-ring (bicyclic) bond motifs is 1. The Bertz CT molecular complexity index is 1110. The molecule has 3 aromatic carbocycles. The highest BCUT2D eigenvalue weighted by Crippen LogP contribution is 2.59. The third kappa shape index (κ3) is 3.58. The highest BCUT2D eigenvalue weighted by Gasteiger charge is 2.29. The molecule has 156 valence electrons. The third-order valence-electron chi connectivity index (χ3n) is 5.89. The molecule has 1 unspecified atom stereocenters. The monoisotopic (exact) mass is 415 g/mol. The Balaban J connectivity index is 1.96. The van der Waals surface area contributed by atoms with Crippen LogP contribution in [0.2, 0.25) is 0 Å². The van der Waals surface area contributed by atoms with Crippen molar-refractivity contribution in [2.75, 3.05) is 5.73 Å². The number of benzene rings is 3. The topological polar surface area (TPSA) is 26.0 Å². The van der Waals surface area contributed by atoms with E-state index in [-0.39, 0.29) is 10.8 Å². The second-order valence-corrected chi connectivity index (χ2v) is 12.2. The molecular weight excluding hydrogens is 382 g/mol. The lowest BCUT2D eigenvalue weighted by molar-refractivity contribution is 0.578. The first-order chi connectivity index (χ1) is 14.1. The van der Waals surface area contributed by atoms with Gasteiger partial charge in [-0.25, -0.2) is 0 Å². The van der Waals surface area contributed by atoms with E-state index in [0.717, 1.165) is 11.3 Å². The molecular formula is C28H33NS. The van der Waals surface area contributed by atoms with Gasteiger partial charge >= 0.3 is 0 Å². The van der Waals surface area contributed by atoms with Crippen LogP contribution in [0.3, 0.4) is 0 Å². The van der Waals surface area contributed by atoms with Gasteiger partial charge in [0.1, 0.15) is 0 Å². The first kappa shape index (κ1) is 20.8. The molecule has 0 bridgehead atoms. The van der Waals surface area contributed by atoms with Gasteiger partial charge in [-0.15, -0.1) is 0 Å². The number of thiol groups is 1. The van der Waals surface area contributed by atoms with Gasteiger partial charge in [0, 0.05) is 15.4 Å². The molecule has 1 aliphatic heterocycles. The molecule has 0 radical (unpaired) electrons. The van der Waals surface area contributed by atoms with Gasteiger partial charge in [-0.3, -0.25) is 0 Å². The molecule has 1 heterocycles. The predicted octanol–water partition coefficient (Wildman–Crippen LogP) is 7.93. The van der Waals surface area contributed by atoms with Crippen LogP contribution in [0.4, 0.5) is 5.69 Å². The first-order valence-corrected chi connectivity index (χ1v) is 12.1. The first-order valence-electron chi connectivity index (χ1n) is 10.7. The van der Waals surface area contributed by atoms with Gasteiger partial charge in [0.05, 0.1) is 5.69 Å². The highest BCUT2D eigenvalue weighted by molar-refractivity contribution is 8.20. The minimum atomic E-state index is -0.637. The SMILES string of the molecule is CC(C)(C)c1cccc2c1C=C[SH]2c1c(C(C)(C)C)ccc(-c2ccccc2)c1N. The largest absolute Gasteiger partial charge is 0.397 e. The van der Waals surface area contributed by atoms with Crippen LogP contribution in [0, 0.1) is 0 Å². The maximum absolute atomic E-state index is 6.96. The van der Waals surface area contributed by atoms with E-state index >= 15 is 0 Å². The quantitative estimate of drug-likeness (QED) is 0.322. The fraction of sp³-hybridized carbons (Fsp3) is 0.286. The van der Waals surface area contributed by atoms with Gasteiger partial charge in [0.2, 0.25) is 0 Å². The number of rotatable bonds is 2. The Hall–Kier alpha value is -2.45. The van der Waals surface area contributed by atoms with E-state index in [1.54, 1.807) is 0 Å². The number of anilines is 1. The Morgan fingerprint density at radius 3 is 2.00 bits per heavy atom. The van der Waals surface area contributed by atoms with Crippen LogP contribution < -0.4 is 5.73 Å². The van der Waals surface area contributed by atoms with E-state index in [2.05, 4.69) is 114 Å². The van der Waals surface area contributed by atoms with Gasteiger partial charge in [-0.2, -0.15) is 10.9 Å². The van der Waals surface area contributed by atoms with Crippen LogP contribution in [0.5, 0.6) is 0 Å². The average molecular weight is 416 g/mol. The van der Waals surface area contributed by atoms with E-state index in [4.69, 9.17) is 5.73 Å². The Kier molecular flexibility index (Phi) is 5.10. The summed E-state index contributed by atoms with van der Waals surface area (Å²) in [7, 11) is -0.637. The number of nitrogens with two attached hydrogens (primary N) is 1. The molecule has 4 rings (SSSR count). The van der Waals surface area contributed by atoms with Crippen molar-refractivity contribution < 1.29 is 0 Å². The van der Waals surface area contributed by atoms with E-state index in [1.165, 1.54) is 32.0 Å². The van der Waals surface area contributed by atoms with Crippen molar-refractivity contribution in [1.82, 2.24) is 0 Å². The van der Waals surface area contributed by atoms with Crippen molar-refractivity contribution in [3.8, 4) is 11.1 Å². The maximum atomic E-state index is 6.96. The molecule has 0 aromatic heterocycles. The predicted molar refractivity (Wildman–Crippen MR) is 135 cm³/mol. The summed E-state index contributed by atoms with van der Waals surface area (Å²) in [5, 5.41) is 2.41. The standard InChI is InChI=1S/C28H33NS/c1-27(2,3)22-13-10-14-24-21(22)17-18-30(24)26-23(28(4,5)6)16-15-20(25(26)29)19-11-8-7-9-12-19/h7-18,30H,29H2,1-6H3. The zero-order valence-electron chi connectivity index (χ0n) is 19.0. The van der Waals surface area contributed by atoms with E-state index < -0.39 is 10.9 Å². The van der Waals surface area contributed by atoms with Crippen LogP contribution in [0.15, 0.2) is 75.9 Å². The second-order valence-electron chi connectivity index (χ2n) is 10.2. The molecule has 0 aliphatic carbocycles. The summed E-state index contributed by atoms with van der Waals surface area (Å²) in [5.74, 6) is 0. The lowest BCUT2D eigenvalue weighted by Gasteiger charge is -2.31. The third-order valence-corrected chi connectivity index (χ3v) is 8.21. The lowest BCUT2D eigenvalue weighted by Crippen LogP contribution is -2.15. The van der Waals surface area contributed by atoms with Crippen molar-refractivity contribution in [2.24, 2.45) is 0 Å². The van der Waals surface area contributed by atoms with Gasteiger partial charge in [0.25, 0.3) is 0 Å². The second kappa shape index (κ2) is 7.35. The molecule has 0 saturated carbocycles. The van der Waals surface area contributed by atoms with Crippen LogP contribution >= 0.6 is 10.9 Å². The van der Waals surface area contributed by atoms with Crippen LogP contribution in [-0.2, 0) is 10.8 Å². The van der Waals surface area contributed by atoms with Gasteiger partial charge < -0.3 is 5.73 Å². The molecule has 2 N–H and O–H groups in total. The molecule has 0 amide bonds. The number of hydrogen-bond donors (Lipinski definition) is 2. The van der Waals surface area contributed by atoms with Crippen molar-refractivity contribution in [3.05, 3.63) is 82.8 Å².